The summed E-state index contributed by atoms with van der Waals surface area (Å²) < 4.78 is 10.6. The summed E-state index contributed by atoms with van der Waals surface area (Å²) in [5.74, 6) is 0. The topological polar surface area (TPSA) is 30.5 Å². The van der Waals surface area contributed by atoms with E-state index in [4.69, 9.17) is 9.47 Å². The lowest BCUT2D eigenvalue weighted by Crippen LogP contribution is -2.33. The molecule has 1 N–H and O–H groups in total. The molecule has 0 saturated heterocycles. The van der Waals surface area contributed by atoms with Gasteiger partial charge in [0.2, 0.25) is 0 Å². The van der Waals surface area contributed by atoms with E-state index in [0.717, 1.165) is 13.2 Å². The van der Waals surface area contributed by atoms with E-state index in [9.17, 15) is 0 Å². The SMILES string of the molecule is CNCC(C)(C)COC(C)COC. The third-order valence-electron chi connectivity index (χ3n) is 1.82. The normalized spacial score (nSPS) is 14.5. The van der Waals surface area contributed by atoms with Crippen molar-refractivity contribution >= 4 is 0 Å². The van der Waals surface area contributed by atoms with Crippen molar-refractivity contribution in [1.82, 2.24) is 5.32 Å². The summed E-state index contributed by atoms with van der Waals surface area (Å²) in [6.45, 7) is 8.78. The van der Waals surface area contributed by atoms with Gasteiger partial charge in [-0.2, -0.15) is 0 Å². The molecule has 3 heteroatoms. The van der Waals surface area contributed by atoms with E-state index in [1.54, 1.807) is 7.11 Å². The van der Waals surface area contributed by atoms with Crippen molar-refractivity contribution in [2.75, 3.05) is 33.9 Å². The lowest BCUT2D eigenvalue weighted by molar-refractivity contribution is -0.0242. The molecule has 0 aromatic heterocycles. The molecule has 0 rings (SSSR count). The Morgan fingerprint density at radius 3 is 2.46 bits per heavy atom. The predicted octanol–water partition coefficient (Wildman–Crippen LogP) is 1.28. The van der Waals surface area contributed by atoms with Gasteiger partial charge in [0, 0.05) is 19.1 Å². The Bertz CT molecular complexity index is 126. The van der Waals surface area contributed by atoms with Crippen molar-refractivity contribution in [2.45, 2.75) is 26.9 Å². The van der Waals surface area contributed by atoms with Gasteiger partial charge in [0.05, 0.1) is 19.3 Å². The highest BCUT2D eigenvalue weighted by Crippen LogP contribution is 2.14. The van der Waals surface area contributed by atoms with Crippen LogP contribution in [0.25, 0.3) is 0 Å². The average molecular weight is 189 g/mol. The van der Waals surface area contributed by atoms with Gasteiger partial charge in [-0.3, -0.25) is 0 Å². The molecule has 0 bridgehead atoms. The quantitative estimate of drug-likeness (QED) is 0.654. The van der Waals surface area contributed by atoms with Crippen LogP contribution < -0.4 is 5.32 Å². The molecule has 0 aliphatic rings. The summed E-state index contributed by atoms with van der Waals surface area (Å²) in [6.07, 6.45) is 0.182. The molecule has 0 aromatic carbocycles. The Balaban J connectivity index is 3.60. The smallest absolute Gasteiger partial charge is 0.0780 e. The first kappa shape index (κ1) is 12.9. The standard InChI is InChI=1S/C10H23NO2/c1-9(6-12-5)13-8-10(2,3)7-11-4/h9,11H,6-8H2,1-5H3. The first-order valence-electron chi connectivity index (χ1n) is 4.77. The van der Waals surface area contributed by atoms with E-state index >= 15 is 0 Å². The van der Waals surface area contributed by atoms with Gasteiger partial charge in [0.15, 0.2) is 0 Å². The zero-order valence-corrected chi connectivity index (χ0v) is 9.52. The van der Waals surface area contributed by atoms with Crippen molar-refractivity contribution in [2.24, 2.45) is 5.41 Å². The van der Waals surface area contributed by atoms with Crippen molar-refractivity contribution in [1.29, 1.82) is 0 Å². The summed E-state index contributed by atoms with van der Waals surface area (Å²) in [6, 6.07) is 0. The minimum absolute atomic E-state index is 0.182. The summed E-state index contributed by atoms with van der Waals surface area (Å²) >= 11 is 0. The van der Waals surface area contributed by atoms with Crippen LogP contribution in [0.15, 0.2) is 0 Å². The molecule has 0 saturated carbocycles. The van der Waals surface area contributed by atoms with Gasteiger partial charge in [-0.05, 0) is 14.0 Å². The Morgan fingerprint density at radius 1 is 1.38 bits per heavy atom. The zero-order valence-electron chi connectivity index (χ0n) is 9.52. The van der Waals surface area contributed by atoms with E-state index in [1.807, 2.05) is 14.0 Å². The number of hydrogen-bond donors (Lipinski definition) is 1. The highest BCUT2D eigenvalue weighted by molar-refractivity contribution is 4.70. The van der Waals surface area contributed by atoms with Gasteiger partial charge in [-0.25, -0.2) is 0 Å². The van der Waals surface area contributed by atoms with Crippen LogP contribution in [0.2, 0.25) is 0 Å². The fraction of sp³-hybridized carbons (Fsp3) is 1.00. The third-order valence-corrected chi connectivity index (χ3v) is 1.82. The Morgan fingerprint density at radius 2 is 2.00 bits per heavy atom. The van der Waals surface area contributed by atoms with E-state index < -0.39 is 0 Å². The van der Waals surface area contributed by atoms with Crippen LogP contribution in [-0.2, 0) is 9.47 Å². The highest BCUT2D eigenvalue weighted by Gasteiger charge is 2.18. The minimum atomic E-state index is 0.182. The summed E-state index contributed by atoms with van der Waals surface area (Å²) in [5, 5.41) is 3.15. The summed E-state index contributed by atoms with van der Waals surface area (Å²) in [4.78, 5) is 0. The van der Waals surface area contributed by atoms with Crippen LogP contribution in [-0.4, -0.2) is 40.0 Å². The molecular formula is C10H23NO2. The maximum atomic E-state index is 5.63. The van der Waals surface area contributed by atoms with Crippen LogP contribution in [0.3, 0.4) is 0 Å². The molecule has 0 spiro atoms. The van der Waals surface area contributed by atoms with Crippen LogP contribution in [0, 0.1) is 5.41 Å². The van der Waals surface area contributed by atoms with E-state index in [0.29, 0.717) is 6.61 Å². The predicted molar refractivity (Wildman–Crippen MR) is 55.0 cm³/mol. The maximum absolute atomic E-state index is 5.63. The lowest BCUT2D eigenvalue weighted by Gasteiger charge is -2.25. The fourth-order valence-corrected chi connectivity index (χ4v) is 1.18. The average Bonchev–Trinajstić information content (AvgIpc) is 2.02. The number of hydrogen-bond acceptors (Lipinski definition) is 3. The molecular weight excluding hydrogens is 166 g/mol. The number of ether oxygens (including phenoxy) is 2. The lowest BCUT2D eigenvalue weighted by atomic mass is 9.95. The second-order valence-corrected chi connectivity index (χ2v) is 4.27. The zero-order chi connectivity index (χ0) is 10.3. The Labute approximate surface area is 81.8 Å². The molecule has 0 fully saturated rings. The van der Waals surface area contributed by atoms with E-state index in [-0.39, 0.29) is 11.5 Å². The second kappa shape index (κ2) is 6.35. The van der Waals surface area contributed by atoms with Gasteiger partial charge in [-0.15, -0.1) is 0 Å². The van der Waals surface area contributed by atoms with E-state index in [2.05, 4.69) is 19.2 Å². The van der Waals surface area contributed by atoms with Crippen LogP contribution >= 0.6 is 0 Å². The molecule has 0 aromatic rings. The molecule has 0 aliphatic carbocycles. The molecule has 0 heterocycles. The van der Waals surface area contributed by atoms with Gasteiger partial charge in [0.25, 0.3) is 0 Å². The Kier molecular flexibility index (Phi) is 6.29. The highest BCUT2D eigenvalue weighted by atomic mass is 16.5. The number of methoxy groups -OCH3 is 1. The van der Waals surface area contributed by atoms with Crippen molar-refractivity contribution in [3.05, 3.63) is 0 Å². The summed E-state index contributed by atoms with van der Waals surface area (Å²) in [5.41, 5.74) is 0.191. The summed E-state index contributed by atoms with van der Waals surface area (Å²) in [7, 11) is 3.65. The minimum Gasteiger partial charge on any atom is -0.382 e. The van der Waals surface area contributed by atoms with E-state index in [1.165, 1.54) is 0 Å². The molecule has 1 unspecified atom stereocenters. The van der Waals surface area contributed by atoms with Crippen molar-refractivity contribution in [3.8, 4) is 0 Å². The molecule has 1 atom stereocenters. The number of nitrogens with one attached hydrogen (secondary N) is 1. The monoisotopic (exact) mass is 189 g/mol. The van der Waals surface area contributed by atoms with Gasteiger partial charge < -0.3 is 14.8 Å². The third kappa shape index (κ3) is 6.99. The molecule has 0 amide bonds. The largest absolute Gasteiger partial charge is 0.382 e. The molecule has 3 nitrogen and oxygen atoms in total. The fourth-order valence-electron chi connectivity index (χ4n) is 1.18. The first-order chi connectivity index (χ1) is 6.02. The van der Waals surface area contributed by atoms with Gasteiger partial charge in [0.1, 0.15) is 0 Å². The van der Waals surface area contributed by atoms with Crippen LogP contribution in [0.1, 0.15) is 20.8 Å². The second-order valence-electron chi connectivity index (χ2n) is 4.27. The number of rotatable bonds is 7. The van der Waals surface area contributed by atoms with Crippen molar-refractivity contribution < 1.29 is 9.47 Å². The maximum Gasteiger partial charge on any atom is 0.0780 e. The van der Waals surface area contributed by atoms with Gasteiger partial charge in [-0.1, -0.05) is 13.8 Å². The first-order valence-corrected chi connectivity index (χ1v) is 4.77. The van der Waals surface area contributed by atoms with Gasteiger partial charge >= 0.3 is 0 Å². The molecule has 0 radical (unpaired) electrons. The Hall–Kier alpha value is -0.120. The van der Waals surface area contributed by atoms with Crippen LogP contribution in [0.5, 0.6) is 0 Å². The molecule has 13 heavy (non-hydrogen) atoms. The molecule has 80 valence electrons. The van der Waals surface area contributed by atoms with Crippen molar-refractivity contribution in [3.63, 3.8) is 0 Å². The molecule has 0 aliphatic heterocycles. The van der Waals surface area contributed by atoms with Crippen LogP contribution in [0.4, 0.5) is 0 Å².